The highest BCUT2D eigenvalue weighted by molar-refractivity contribution is 5.92. The van der Waals surface area contributed by atoms with Crippen LogP contribution in [0.1, 0.15) is 69.1 Å². The van der Waals surface area contributed by atoms with Gasteiger partial charge in [0.2, 0.25) is 0 Å². The average Bonchev–Trinajstić information content (AvgIpc) is 3.24. The summed E-state index contributed by atoms with van der Waals surface area (Å²) in [5.41, 5.74) is -0.166. The van der Waals surface area contributed by atoms with Gasteiger partial charge in [-0.2, -0.15) is 0 Å². The van der Waals surface area contributed by atoms with E-state index in [0.717, 1.165) is 18.6 Å². The van der Waals surface area contributed by atoms with Gasteiger partial charge < -0.3 is 19.5 Å². The van der Waals surface area contributed by atoms with Crippen LogP contribution >= 0.6 is 0 Å². The Kier molecular flexibility index (Phi) is 4.75. The number of aromatic nitrogens is 1. The third-order valence-electron chi connectivity index (χ3n) is 4.61. The number of nitrogens with one attached hydrogen (secondary N) is 1. The van der Waals surface area contributed by atoms with Gasteiger partial charge in [-0.3, -0.25) is 4.79 Å². The van der Waals surface area contributed by atoms with Gasteiger partial charge in [-0.15, -0.1) is 0 Å². The summed E-state index contributed by atoms with van der Waals surface area (Å²) in [5.74, 6) is 1.17. The molecular weight excluding hydrogens is 322 g/mol. The van der Waals surface area contributed by atoms with Crippen LogP contribution in [0.25, 0.3) is 0 Å². The van der Waals surface area contributed by atoms with Crippen LogP contribution in [0.15, 0.2) is 10.6 Å². The number of rotatable bonds is 3. The molecule has 3 rings (SSSR count). The molecule has 7 heteroatoms. The molecule has 25 heavy (non-hydrogen) atoms. The molecule has 2 atom stereocenters. The van der Waals surface area contributed by atoms with Crippen LogP contribution in [0.2, 0.25) is 0 Å². The fourth-order valence-corrected chi connectivity index (χ4v) is 3.05. The van der Waals surface area contributed by atoms with Crippen molar-refractivity contribution in [1.82, 2.24) is 15.4 Å². The van der Waals surface area contributed by atoms with Gasteiger partial charge in [0.25, 0.3) is 5.91 Å². The van der Waals surface area contributed by atoms with E-state index in [0.29, 0.717) is 31.1 Å². The van der Waals surface area contributed by atoms with Crippen LogP contribution < -0.4 is 5.32 Å². The third-order valence-corrected chi connectivity index (χ3v) is 4.61. The van der Waals surface area contributed by atoms with Crippen LogP contribution in [0.3, 0.4) is 0 Å². The number of hydrogen-bond donors (Lipinski definition) is 1. The van der Waals surface area contributed by atoms with Crippen LogP contribution in [-0.4, -0.2) is 46.8 Å². The summed E-state index contributed by atoms with van der Waals surface area (Å²) in [7, 11) is 0. The first-order valence-corrected chi connectivity index (χ1v) is 8.98. The molecule has 2 unspecified atom stereocenters. The summed E-state index contributed by atoms with van der Waals surface area (Å²) < 4.78 is 10.7. The lowest BCUT2D eigenvalue weighted by molar-refractivity contribution is 0.0145. The van der Waals surface area contributed by atoms with E-state index in [1.807, 2.05) is 27.7 Å². The Hall–Kier alpha value is -2.05. The second kappa shape index (κ2) is 6.69. The van der Waals surface area contributed by atoms with E-state index in [4.69, 9.17) is 9.26 Å². The van der Waals surface area contributed by atoms with Crippen molar-refractivity contribution in [3.63, 3.8) is 0 Å². The fraction of sp³-hybridized carbons (Fsp3) is 0.722. The van der Waals surface area contributed by atoms with Gasteiger partial charge in [0, 0.05) is 31.1 Å². The number of likely N-dealkylation sites (tertiary alicyclic amines) is 1. The Labute approximate surface area is 148 Å². The van der Waals surface area contributed by atoms with Crippen LogP contribution in [-0.2, 0) is 4.74 Å². The maximum absolute atomic E-state index is 12.4. The molecule has 0 spiro atoms. The van der Waals surface area contributed by atoms with Crippen molar-refractivity contribution < 1.29 is 18.8 Å². The molecule has 2 amide bonds. The molecule has 1 N–H and O–H groups in total. The molecule has 2 heterocycles. The fourth-order valence-electron chi connectivity index (χ4n) is 3.05. The molecular formula is C18H27N3O4. The molecule has 1 aromatic rings. The minimum absolute atomic E-state index is 0.00672. The van der Waals surface area contributed by atoms with E-state index in [2.05, 4.69) is 10.5 Å². The van der Waals surface area contributed by atoms with Gasteiger partial charge in [-0.25, -0.2) is 4.79 Å². The first-order valence-electron chi connectivity index (χ1n) is 8.98. The first kappa shape index (κ1) is 17.8. The van der Waals surface area contributed by atoms with E-state index >= 15 is 0 Å². The smallest absolute Gasteiger partial charge is 0.410 e. The third kappa shape index (κ3) is 4.52. The quantitative estimate of drug-likeness (QED) is 0.907. The number of nitrogens with zero attached hydrogens (tertiary/aromatic N) is 2. The van der Waals surface area contributed by atoms with Crippen molar-refractivity contribution in [3.05, 3.63) is 17.5 Å². The predicted octanol–water partition coefficient (Wildman–Crippen LogP) is 2.93. The molecule has 2 fully saturated rings. The highest BCUT2D eigenvalue weighted by Crippen LogP contribution is 2.40. The van der Waals surface area contributed by atoms with E-state index in [1.165, 1.54) is 0 Å². The minimum Gasteiger partial charge on any atom is -0.444 e. The summed E-state index contributed by atoms with van der Waals surface area (Å²) in [6.07, 6.45) is 2.61. The largest absolute Gasteiger partial charge is 0.444 e. The lowest BCUT2D eigenvalue weighted by Gasteiger charge is -2.37. The van der Waals surface area contributed by atoms with Crippen molar-refractivity contribution in [2.45, 2.75) is 64.5 Å². The number of hydrogen-bond acceptors (Lipinski definition) is 5. The van der Waals surface area contributed by atoms with Crippen molar-refractivity contribution in [1.29, 1.82) is 0 Å². The summed E-state index contributed by atoms with van der Waals surface area (Å²) >= 11 is 0. The lowest BCUT2D eigenvalue weighted by atomic mass is 9.94. The van der Waals surface area contributed by atoms with Crippen LogP contribution in [0.4, 0.5) is 4.79 Å². The van der Waals surface area contributed by atoms with Gasteiger partial charge >= 0.3 is 6.09 Å². The monoisotopic (exact) mass is 349 g/mol. The molecule has 1 aromatic heterocycles. The van der Waals surface area contributed by atoms with Crippen molar-refractivity contribution in [3.8, 4) is 0 Å². The second-order valence-electron chi connectivity index (χ2n) is 8.16. The zero-order valence-electron chi connectivity index (χ0n) is 15.4. The normalized spacial score (nSPS) is 24.1. The zero-order valence-corrected chi connectivity index (χ0v) is 15.4. The molecule has 1 aliphatic carbocycles. The highest BCUT2D eigenvalue weighted by atomic mass is 16.6. The van der Waals surface area contributed by atoms with Crippen LogP contribution in [0.5, 0.6) is 0 Å². The number of carbonyl (C=O) groups excluding carboxylic acids is 2. The molecule has 1 saturated heterocycles. The molecule has 0 bridgehead atoms. The summed E-state index contributed by atoms with van der Waals surface area (Å²) in [6, 6.07) is 1.75. The van der Waals surface area contributed by atoms with Crippen molar-refractivity contribution >= 4 is 12.0 Å². The molecule has 7 nitrogen and oxygen atoms in total. The predicted molar refractivity (Wildman–Crippen MR) is 91.3 cm³/mol. The van der Waals surface area contributed by atoms with Gasteiger partial charge in [0.05, 0.1) is 0 Å². The molecule has 138 valence electrons. The Balaban J connectivity index is 1.52. The first-order chi connectivity index (χ1) is 11.7. The standard InChI is InChI=1S/C18H27N3O4/c1-11-10-21(17(23)24-18(2,3)4)8-7-13(11)19-16(22)14-9-15(25-20-14)12-5-6-12/h9,11-13H,5-8,10H2,1-4H3,(H,19,22). The van der Waals surface area contributed by atoms with Gasteiger partial charge in [0.1, 0.15) is 11.4 Å². The number of carbonyl (C=O) groups is 2. The molecule has 0 radical (unpaired) electrons. The molecule has 1 aliphatic heterocycles. The Morgan fingerprint density at radius 1 is 1.32 bits per heavy atom. The van der Waals surface area contributed by atoms with E-state index in [-0.39, 0.29) is 24.0 Å². The van der Waals surface area contributed by atoms with Gasteiger partial charge in [-0.05, 0) is 46.0 Å². The summed E-state index contributed by atoms with van der Waals surface area (Å²) in [5, 5.41) is 6.90. The maximum Gasteiger partial charge on any atom is 0.410 e. The Morgan fingerprint density at radius 3 is 2.64 bits per heavy atom. The summed E-state index contributed by atoms with van der Waals surface area (Å²) in [6.45, 7) is 8.72. The average molecular weight is 349 g/mol. The Morgan fingerprint density at radius 2 is 2.04 bits per heavy atom. The van der Waals surface area contributed by atoms with Crippen LogP contribution in [0, 0.1) is 5.92 Å². The topological polar surface area (TPSA) is 84.7 Å². The number of amides is 2. The van der Waals surface area contributed by atoms with E-state index in [1.54, 1.807) is 11.0 Å². The Bertz CT molecular complexity index is 645. The summed E-state index contributed by atoms with van der Waals surface area (Å²) in [4.78, 5) is 26.3. The van der Waals surface area contributed by atoms with E-state index < -0.39 is 5.60 Å². The van der Waals surface area contributed by atoms with Gasteiger partial charge in [-0.1, -0.05) is 12.1 Å². The van der Waals surface area contributed by atoms with Crippen molar-refractivity contribution in [2.24, 2.45) is 5.92 Å². The lowest BCUT2D eigenvalue weighted by Crippen LogP contribution is -2.52. The zero-order chi connectivity index (χ0) is 18.2. The number of ether oxygens (including phenoxy) is 1. The second-order valence-corrected chi connectivity index (χ2v) is 8.16. The number of piperidine rings is 1. The molecule has 0 aromatic carbocycles. The van der Waals surface area contributed by atoms with Crippen molar-refractivity contribution in [2.75, 3.05) is 13.1 Å². The molecule has 2 aliphatic rings. The minimum atomic E-state index is -0.502. The molecule has 1 saturated carbocycles. The highest BCUT2D eigenvalue weighted by Gasteiger charge is 2.33. The SMILES string of the molecule is CC1CN(C(=O)OC(C)(C)C)CCC1NC(=O)c1cc(C2CC2)on1. The van der Waals surface area contributed by atoms with Gasteiger partial charge in [0.15, 0.2) is 5.69 Å². The van der Waals surface area contributed by atoms with E-state index in [9.17, 15) is 9.59 Å². The maximum atomic E-state index is 12.4.